The van der Waals surface area contributed by atoms with E-state index in [9.17, 15) is 18.0 Å². The Bertz CT molecular complexity index is 1760. The number of amides is 1. The molecule has 194 valence electrons. The van der Waals surface area contributed by atoms with E-state index < -0.39 is 17.6 Å². The van der Waals surface area contributed by atoms with Gasteiger partial charge in [-0.05, 0) is 72.0 Å². The lowest BCUT2D eigenvalue weighted by Crippen LogP contribution is -2.15. The van der Waals surface area contributed by atoms with Crippen LogP contribution in [-0.4, -0.2) is 25.4 Å². The van der Waals surface area contributed by atoms with Crippen LogP contribution in [0.3, 0.4) is 0 Å². The van der Waals surface area contributed by atoms with Gasteiger partial charge in [0, 0.05) is 41.3 Å². The smallest absolute Gasteiger partial charge is 0.322 e. The summed E-state index contributed by atoms with van der Waals surface area (Å²) in [5, 5.41) is 2.78. The van der Waals surface area contributed by atoms with Crippen LogP contribution in [-0.2, 0) is 12.6 Å². The van der Waals surface area contributed by atoms with Crippen LogP contribution < -0.4 is 5.32 Å². The van der Waals surface area contributed by atoms with Crippen molar-refractivity contribution in [2.24, 2.45) is 0 Å². The molecule has 0 unspecified atom stereocenters. The first-order valence-electron chi connectivity index (χ1n) is 12.2. The molecule has 9 heteroatoms. The molecule has 0 radical (unpaired) electrons. The van der Waals surface area contributed by atoms with E-state index in [2.05, 4.69) is 26.3 Å². The molecule has 1 amide bonds. The zero-order valence-electron chi connectivity index (χ0n) is 21.0. The molecule has 0 atom stereocenters. The topological polar surface area (TPSA) is 72.7 Å². The molecule has 2 aromatic heterocycles. The minimum Gasteiger partial charge on any atom is -0.322 e. The van der Waals surface area contributed by atoms with Gasteiger partial charge in [0.15, 0.2) is 0 Å². The maximum absolute atomic E-state index is 13.7. The summed E-state index contributed by atoms with van der Waals surface area (Å²) in [7, 11) is 0. The van der Waals surface area contributed by atoms with Gasteiger partial charge in [0.1, 0.15) is 6.33 Å². The van der Waals surface area contributed by atoms with Crippen molar-refractivity contribution in [3.05, 3.63) is 113 Å². The Labute approximate surface area is 222 Å². The second-order valence-corrected chi connectivity index (χ2v) is 9.60. The zero-order chi connectivity index (χ0) is 27.3. The van der Waals surface area contributed by atoms with Crippen LogP contribution in [0.15, 0.2) is 79.6 Å². The number of aromatic nitrogens is 4. The molecule has 0 bridgehead atoms. The largest absolute Gasteiger partial charge is 0.416 e. The van der Waals surface area contributed by atoms with E-state index in [0.717, 1.165) is 51.2 Å². The molecule has 0 fully saturated rings. The van der Waals surface area contributed by atoms with Crippen molar-refractivity contribution in [1.82, 2.24) is 19.5 Å². The predicted molar refractivity (Wildman–Crippen MR) is 142 cm³/mol. The van der Waals surface area contributed by atoms with Crippen LogP contribution in [0, 0.1) is 13.8 Å². The van der Waals surface area contributed by atoms with Gasteiger partial charge in [0.05, 0.1) is 23.3 Å². The Hall–Kier alpha value is -4.79. The maximum atomic E-state index is 13.7. The van der Waals surface area contributed by atoms with Crippen LogP contribution in [0.5, 0.6) is 0 Å². The summed E-state index contributed by atoms with van der Waals surface area (Å²) < 4.78 is 42.4. The summed E-state index contributed by atoms with van der Waals surface area (Å²) >= 11 is 0. The molecule has 0 saturated carbocycles. The van der Waals surface area contributed by atoms with Crippen LogP contribution >= 0.6 is 0 Å². The maximum Gasteiger partial charge on any atom is 0.416 e. The van der Waals surface area contributed by atoms with Crippen molar-refractivity contribution in [3.8, 4) is 27.9 Å². The van der Waals surface area contributed by atoms with E-state index in [4.69, 9.17) is 0 Å². The van der Waals surface area contributed by atoms with Crippen molar-refractivity contribution in [2.45, 2.75) is 26.4 Å². The summed E-state index contributed by atoms with van der Waals surface area (Å²) in [6, 6.07) is 14.9. The number of anilines is 1. The number of halogens is 3. The molecule has 1 aliphatic rings. The molecule has 39 heavy (non-hydrogen) atoms. The van der Waals surface area contributed by atoms with Gasteiger partial charge >= 0.3 is 6.18 Å². The SMILES string of the molecule is Cc1cn(-c2cc(C(=O)Nc3ccc(C)c(-c4ccc5c(c4)Cc4ncncc4-5)c3)cc(C(F)(F)F)c2)cn1. The number of carbonyl (C=O) groups excluding carboxylic acids is 1. The minimum absolute atomic E-state index is 0.107. The van der Waals surface area contributed by atoms with Crippen LogP contribution in [0.25, 0.3) is 27.9 Å². The van der Waals surface area contributed by atoms with Gasteiger partial charge in [0.25, 0.3) is 5.91 Å². The van der Waals surface area contributed by atoms with E-state index in [0.29, 0.717) is 17.8 Å². The lowest BCUT2D eigenvalue weighted by molar-refractivity contribution is -0.137. The average molecular weight is 526 g/mol. The number of hydrogen-bond acceptors (Lipinski definition) is 4. The molecule has 5 aromatic rings. The Morgan fingerprint density at radius 3 is 2.56 bits per heavy atom. The molecule has 6 nitrogen and oxygen atoms in total. The number of fused-ring (bicyclic) bond motifs is 3. The number of benzene rings is 3. The Morgan fingerprint density at radius 2 is 1.79 bits per heavy atom. The minimum atomic E-state index is -4.61. The third-order valence-electron chi connectivity index (χ3n) is 6.87. The van der Waals surface area contributed by atoms with Crippen molar-refractivity contribution in [3.63, 3.8) is 0 Å². The number of rotatable bonds is 4. The third kappa shape index (κ3) is 4.67. The number of carbonyl (C=O) groups is 1. The number of alkyl halides is 3. The lowest BCUT2D eigenvalue weighted by atomic mass is 9.96. The monoisotopic (exact) mass is 525 g/mol. The van der Waals surface area contributed by atoms with Gasteiger partial charge in [0.2, 0.25) is 0 Å². The Kier molecular flexibility index (Phi) is 5.79. The van der Waals surface area contributed by atoms with Crippen molar-refractivity contribution in [1.29, 1.82) is 0 Å². The standard InChI is InChI=1S/C30H22F3N5O/c1-17-3-5-23(12-26(17)19-4-6-25-20(7-19)10-28-27(25)13-34-15-35-28)37-29(39)21-8-22(30(31,32)33)11-24(9-21)38-14-18(2)36-16-38/h3-9,11-16H,10H2,1-2H3,(H,37,39). The van der Waals surface area contributed by atoms with Crippen LogP contribution in [0.1, 0.15) is 38.4 Å². The molecule has 0 spiro atoms. The molecule has 1 aliphatic carbocycles. The molecular weight excluding hydrogens is 503 g/mol. The molecule has 0 saturated heterocycles. The Balaban J connectivity index is 1.31. The van der Waals surface area contributed by atoms with Gasteiger partial charge in [-0.1, -0.05) is 24.3 Å². The molecule has 0 aliphatic heterocycles. The van der Waals surface area contributed by atoms with E-state index in [1.54, 1.807) is 25.5 Å². The van der Waals surface area contributed by atoms with Crippen LogP contribution in [0.4, 0.5) is 18.9 Å². The summed E-state index contributed by atoms with van der Waals surface area (Å²) in [6.07, 6.45) is 2.49. The number of nitrogens with one attached hydrogen (secondary N) is 1. The number of imidazole rings is 1. The second kappa shape index (κ2) is 9.20. The van der Waals surface area contributed by atoms with E-state index in [-0.39, 0.29) is 11.3 Å². The Morgan fingerprint density at radius 1 is 0.949 bits per heavy atom. The number of aryl methyl sites for hydroxylation is 2. The third-order valence-corrected chi connectivity index (χ3v) is 6.87. The average Bonchev–Trinajstić information content (AvgIpc) is 3.52. The highest BCUT2D eigenvalue weighted by Crippen LogP contribution is 2.38. The zero-order valence-corrected chi connectivity index (χ0v) is 21.0. The predicted octanol–water partition coefficient (Wildman–Crippen LogP) is 6.79. The van der Waals surface area contributed by atoms with E-state index >= 15 is 0 Å². The second-order valence-electron chi connectivity index (χ2n) is 9.60. The number of nitrogens with zero attached hydrogens (tertiary/aromatic N) is 4. The highest BCUT2D eigenvalue weighted by Gasteiger charge is 2.32. The van der Waals surface area contributed by atoms with Crippen molar-refractivity contribution >= 4 is 11.6 Å². The van der Waals surface area contributed by atoms with Crippen LogP contribution in [0.2, 0.25) is 0 Å². The number of hydrogen-bond donors (Lipinski definition) is 1. The van der Waals surface area contributed by atoms with Gasteiger partial charge in [-0.15, -0.1) is 0 Å². The van der Waals surface area contributed by atoms with Crippen molar-refractivity contribution in [2.75, 3.05) is 5.32 Å². The van der Waals surface area contributed by atoms with Gasteiger partial charge in [-0.25, -0.2) is 15.0 Å². The summed E-state index contributed by atoms with van der Waals surface area (Å²) in [5.41, 5.74) is 7.45. The van der Waals surface area contributed by atoms with Gasteiger partial charge in [-0.2, -0.15) is 13.2 Å². The molecular formula is C30H22F3N5O. The van der Waals surface area contributed by atoms with Gasteiger partial charge in [-0.3, -0.25) is 4.79 Å². The molecule has 2 heterocycles. The van der Waals surface area contributed by atoms with E-state index in [1.807, 2.05) is 37.4 Å². The van der Waals surface area contributed by atoms with E-state index in [1.165, 1.54) is 17.0 Å². The molecule has 6 rings (SSSR count). The normalized spacial score (nSPS) is 12.2. The summed E-state index contributed by atoms with van der Waals surface area (Å²) in [4.78, 5) is 25.8. The van der Waals surface area contributed by atoms with Crippen molar-refractivity contribution < 1.29 is 18.0 Å². The fourth-order valence-corrected chi connectivity index (χ4v) is 4.90. The fraction of sp³-hybridized carbons (Fsp3) is 0.133. The summed E-state index contributed by atoms with van der Waals surface area (Å²) in [6.45, 7) is 3.71. The quantitative estimate of drug-likeness (QED) is 0.275. The molecule has 1 N–H and O–H groups in total. The van der Waals surface area contributed by atoms with Gasteiger partial charge < -0.3 is 9.88 Å². The lowest BCUT2D eigenvalue weighted by Gasteiger charge is -2.14. The fourth-order valence-electron chi connectivity index (χ4n) is 4.90. The first kappa shape index (κ1) is 24.5. The molecule has 3 aromatic carbocycles. The highest BCUT2D eigenvalue weighted by atomic mass is 19.4. The first-order valence-corrected chi connectivity index (χ1v) is 12.2. The first-order chi connectivity index (χ1) is 18.7. The summed E-state index contributed by atoms with van der Waals surface area (Å²) in [5.74, 6) is -0.642. The highest BCUT2D eigenvalue weighted by molar-refractivity contribution is 6.05.